The minimum Gasteiger partial charge on any atom is -0.324 e. The third kappa shape index (κ3) is 5.88. The zero-order chi connectivity index (χ0) is 6.78. The van der Waals surface area contributed by atoms with Crippen LogP contribution in [0.2, 0.25) is 0 Å². The van der Waals surface area contributed by atoms with Crippen LogP contribution in [0.15, 0.2) is 0 Å². The van der Waals surface area contributed by atoms with E-state index in [2.05, 4.69) is 0 Å². The fourth-order valence-electron chi connectivity index (χ4n) is 0.643. The number of nitrogens with zero attached hydrogens (tertiary/aromatic N) is 1. The van der Waals surface area contributed by atoms with E-state index in [9.17, 15) is 0 Å². The molecule has 0 heterocycles. The predicted molar refractivity (Wildman–Crippen MR) is 35.1 cm³/mol. The van der Waals surface area contributed by atoms with Gasteiger partial charge in [-0.1, -0.05) is 0 Å². The summed E-state index contributed by atoms with van der Waals surface area (Å²) in [5, 5.41) is 1.58. The second-order valence-electron chi connectivity index (χ2n) is 2.90. The van der Waals surface area contributed by atoms with E-state index in [0.717, 1.165) is 0 Å². The van der Waals surface area contributed by atoms with E-state index in [1.807, 2.05) is 13.8 Å². The second kappa shape index (κ2) is 2.44. The van der Waals surface area contributed by atoms with Crippen LogP contribution < -0.4 is 11.6 Å². The van der Waals surface area contributed by atoms with Crippen molar-refractivity contribution < 1.29 is 0 Å². The molecule has 0 aliphatic carbocycles. The molecule has 0 spiro atoms. The number of likely N-dealkylation sites (N-methyl/N-ethyl adjacent to an activating group) is 1. The van der Waals surface area contributed by atoms with Gasteiger partial charge in [-0.15, -0.1) is 0 Å². The molecule has 3 nitrogen and oxygen atoms in total. The van der Waals surface area contributed by atoms with Crippen LogP contribution in [-0.2, 0) is 0 Å². The third-order valence-electron chi connectivity index (χ3n) is 0.657. The van der Waals surface area contributed by atoms with Gasteiger partial charge in [0.05, 0.1) is 0 Å². The molecule has 0 unspecified atom stereocenters. The SMILES string of the molecule is CN(N)CC(C)(C)N. The van der Waals surface area contributed by atoms with Crippen molar-refractivity contribution in [3.63, 3.8) is 0 Å². The summed E-state index contributed by atoms with van der Waals surface area (Å²) in [6.45, 7) is 4.60. The van der Waals surface area contributed by atoms with E-state index < -0.39 is 0 Å². The first kappa shape index (κ1) is 7.88. The van der Waals surface area contributed by atoms with Gasteiger partial charge in [0.1, 0.15) is 0 Å². The highest BCUT2D eigenvalue weighted by Gasteiger charge is 2.10. The number of hydrogen-bond donors (Lipinski definition) is 2. The van der Waals surface area contributed by atoms with E-state index in [1.165, 1.54) is 0 Å². The molecule has 0 aromatic heterocycles. The number of rotatable bonds is 2. The normalized spacial score (nSPS) is 12.8. The lowest BCUT2D eigenvalue weighted by Crippen LogP contribution is -2.46. The Labute approximate surface area is 50.6 Å². The van der Waals surface area contributed by atoms with Crippen LogP contribution in [0.1, 0.15) is 13.8 Å². The maximum Gasteiger partial charge on any atom is 0.0300 e. The van der Waals surface area contributed by atoms with Crippen LogP contribution >= 0.6 is 0 Å². The van der Waals surface area contributed by atoms with Crippen LogP contribution in [0, 0.1) is 0 Å². The Balaban J connectivity index is 3.39. The molecule has 0 radical (unpaired) electrons. The summed E-state index contributed by atoms with van der Waals surface area (Å²) >= 11 is 0. The number of nitrogens with two attached hydrogens (primary N) is 2. The molecule has 50 valence electrons. The van der Waals surface area contributed by atoms with Crippen LogP contribution in [0.4, 0.5) is 0 Å². The second-order valence-corrected chi connectivity index (χ2v) is 2.90. The first-order chi connectivity index (χ1) is 3.42. The fourth-order valence-corrected chi connectivity index (χ4v) is 0.643. The number of hydrogen-bond acceptors (Lipinski definition) is 3. The highest BCUT2D eigenvalue weighted by molar-refractivity contribution is 4.73. The molecule has 0 aromatic carbocycles. The largest absolute Gasteiger partial charge is 0.324 e. The molecule has 0 aromatic rings. The van der Waals surface area contributed by atoms with Crippen molar-refractivity contribution in [1.82, 2.24) is 5.01 Å². The molecule has 0 rings (SSSR count). The molecule has 0 saturated heterocycles. The summed E-state index contributed by atoms with van der Waals surface area (Å²) in [4.78, 5) is 0. The Bertz CT molecular complexity index is 62.6. The smallest absolute Gasteiger partial charge is 0.0300 e. The average Bonchev–Trinajstić information content (AvgIpc) is 1.21. The first-order valence-corrected chi connectivity index (χ1v) is 2.66. The van der Waals surface area contributed by atoms with Crippen molar-refractivity contribution in [3.05, 3.63) is 0 Å². The molecule has 0 bridgehead atoms. The Morgan fingerprint density at radius 2 is 1.88 bits per heavy atom. The van der Waals surface area contributed by atoms with E-state index >= 15 is 0 Å². The maximum atomic E-state index is 5.61. The van der Waals surface area contributed by atoms with Gasteiger partial charge in [0.2, 0.25) is 0 Å². The summed E-state index contributed by atoms with van der Waals surface area (Å²) in [5.41, 5.74) is 5.44. The first-order valence-electron chi connectivity index (χ1n) is 2.66. The van der Waals surface area contributed by atoms with Gasteiger partial charge in [-0.2, -0.15) is 0 Å². The van der Waals surface area contributed by atoms with E-state index in [1.54, 1.807) is 12.1 Å². The molecule has 3 heteroatoms. The van der Waals surface area contributed by atoms with Gasteiger partial charge in [-0.3, -0.25) is 5.84 Å². The molecule has 0 atom stereocenters. The van der Waals surface area contributed by atoms with Crippen LogP contribution in [-0.4, -0.2) is 24.1 Å². The summed E-state index contributed by atoms with van der Waals surface area (Å²) in [6, 6.07) is 0. The lowest BCUT2D eigenvalue weighted by Gasteiger charge is -2.22. The molecule has 0 fully saturated rings. The molecule has 0 aliphatic rings. The van der Waals surface area contributed by atoms with Crippen molar-refractivity contribution >= 4 is 0 Å². The van der Waals surface area contributed by atoms with Gasteiger partial charge in [0.25, 0.3) is 0 Å². The number of hydrazine groups is 1. The average molecular weight is 117 g/mol. The minimum absolute atomic E-state index is 0.177. The quantitative estimate of drug-likeness (QED) is 0.380. The van der Waals surface area contributed by atoms with Gasteiger partial charge in [0, 0.05) is 19.1 Å². The predicted octanol–water partition coefficient (Wildman–Crippen LogP) is -0.471. The monoisotopic (exact) mass is 117 g/mol. The standard InChI is InChI=1S/C5H15N3/c1-5(2,6)4-8(3)7/h4,6-7H2,1-3H3. The van der Waals surface area contributed by atoms with Crippen molar-refractivity contribution in [3.8, 4) is 0 Å². The van der Waals surface area contributed by atoms with Crippen LogP contribution in [0.25, 0.3) is 0 Å². The highest BCUT2D eigenvalue weighted by Crippen LogP contribution is 1.94. The van der Waals surface area contributed by atoms with E-state index in [0.29, 0.717) is 6.54 Å². The zero-order valence-corrected chi connectivity index (χ0v) is 5.81. The van der Waals surface area contributed by atoms with Crippen molar-refractivity contribution in [2.45, 2.75) is 19.4 Å². The molecule has 4 N–H and O–H groups in total. The van der Waals surface area contributed by atoms with Crippen molar-refractivity contribution in [2.24, 2.45) is 11.6 Å². The zero-order valence-electron chi connectivity index (χ0n) is 5.81. The summed E-state index contributed by atoms with van der Waals surface area (Å²) in [6.07, 6.45) is 0. The summed E-state index contributed by atoms with van der Waals surface area (Å²) < 4.78 is 0. The highest BCUT2D eigenvalue weighted by atomic mass is 15.4. The van der Waals surface area contributed by atoms with Crippen LogP contribution in [0.5, 0.6) is 0 Å². The molecule has 8 heavy (non-hydrogen) atoms. The van der Waals surface area contributed by atoms with Gasteiger partial charge in [0.15, 0.2) is 0 Å². The topological polar surface area (TPSA) is 55.3 Å². The maximum absolute atomic E-state index is 5.61. The Morgan fingerprint density at radius 1 is 1.50 bits per heavy atom. The Kier molecular flexibility index (Phi) is 2.40. The Hall–Kier alpha value is -0.120. The van der Waals surface area contributed by atoms with E-state index in [-0.39, 0.29) is 5.54 Å². The molecular weight excluding hydrogens is 102 g/mol. The van der Waals surface area contributed by atoms with E-state index in [4.69, 9.17) is 11.6 Å². The van der Waals surface area contributed by atoms with Gasteiger partial charge >= 0.3 is 0 Å². The minimum atomic E-state index is -0.177. The van der Waals surface area contributed by atoms with Gasteiger partial charge in [-0.25, -0.2) is 5.01 Å². The third-order valence-corrected chi connectivity index (χ3v) is 0.657. The van der Waals surface area contributed by atoms with Crippen molar-refractivity contribution in [2.75, 3.05) is 13.6 Å². The van der Waals surface area contributed by atoms with Crippen LogP contribution in [0.3, 0.4) is 0 Å². The fraction of sp³-hybridized carbons (Fsp3) is 1.00. The lowest BCUT2D eigenvalue weighted by atomic mass is 10.1. The molecule has 0 aliphatic heterocycles. The van der Waals surface area contributed by atoms with Gasteiger partial charge in [-0.05, 0) is 13.8 Å². The lowest BCUT2D eigenvalue weighted by molar-refractivity contribution is 0.278. The molecule has 0 amide bonds. The van der Waals surface area contributed by atoms with Gasteiger partial charge < -0.3 is 5.73 Å². The molecular formula is C5H15N3. The molecule has 0 saturated carbocycles. The summed E-state index contributed by atoms with van der Waals surface area (Å²) in [7, 11) is 1.80. The van der Waals surface area contributed by atoms with Crippen molar-refractivity contribution in [1.29, 1.82) is 0 Å². The Morgan fingerprint density at radius 3 is 1.88 bits per heavy atom. The summed E-state index contributed by atoms with van der Waals surface area (Å²) in [5.74, 6) is 5.33.